The number of ether oxygens (including phenoxy) is 3. The topological polar surface area (TPSA) is 96.1 Å². The van der Waals surface area contributed by atoms with Crippen molar-refractivity contribution in [1.82, 2.24) is 24.8 Å². The van der Waals surface area contributed by atoms with E-state index in [1.807, 2.05) is 53.7 Å². The normalized spacial score (nSPS) is 18.2. The van der Waals surface area contributed by atoms with E-state index in [0.717, 1.165) is 62.3 Å². The van der Waals surface area contributed by atoms with Gasteiger partial charge in [-0.3, -0.25) is 9.78 Å². The summed E-state index contributed by atoms with van der Waals surface area (Å²) in [6.45, 7) is 4.13. The number of methoxy groups -OCH3 is 3. The molecule has 0 radical (unpaired) electrons. The Morgan fingerprint density at radius 1 is 0.925 bits per heavy atom. The molecule has 2 saturated heterocycles. The molecule has 278 valence electrons. The number of anilines is 1. The number of rotatable bonds is 12. The van der Waals surface area contributed by atoms with Gasteiger partial charge in [0.1, 0.15) is 0 Å². The van der Waals surface area contributed by atoms with Crippen LogP contribution >= 0.6 is 0 Å². The number of benzene rings is 3. The number of imidazole rings is 1. The highest BCUT2D eigenvalue weighted by Crippen LogP contribution is 2.41. The first-order valence-corrected chi connectivity index (χ1v) is 18.2. The molecule has 0 bridgehead atoms. The number of carbonyl (C=O) groups is 1. The van der Waals surface area contributed by atoms with E-state index >= 15 is 0 Å². The molecule has 1 atom stereocenters. The number of amides is 1. The average Bonchev–Trinajstić information content (AvgIpc) is 3.64. The Kier molecular flexibility index (Phi) is 10.8. The van der Waals surface area contributed by atoms with Crippen LogP contribution in [-0.4, -0.2) is 90.8 Å². The standard InChI is InChI=1S/C41H46F2N6O4/c1-51-36-23-29(24-37(52-2)38(36)53-3)39(50)48-19-6-15-41(27-48,30-9-10-32(42)33(43)25-30)16-22-47-20-13-31(14-21-47)49(26-28-11-17-44-18-12-28)40-45-34-7-4-5-8-35(34)46-40/h4-5,7-12,17-18,23-25,31H,6,13-16,19-22,26-27H2,1-3H3,(H,45,46). The van der Waals surface area contributed by atoms with Gasteiger partial charge in [-0.1, -0.05) is 18.2 Å². The van der Waals surface area contributed by atoms with E-state index in [1.54, 1.807) is 18.2 Å². The van der Waals surface area contributed by atoms with E-state index in [9.17, 15) is 13.6 Å². The number of nitrogens with zero attached hydrogens (tertiary/aromatic N) is 5. The Bertz CT molecular complexity index is 1980. The summed E-state index contributed by atoms with van der Waals surface area (Å²) < 4.78 is 45.5. The van der Waals surface area contributed by atoms with Gasteiger partial charge in [0.25, 0.3) is 5.91 Å². The minimum atomic E-state index is -0.882. The zero-order chi connectivity index (χ0) is 37.0. The molecule has 2 aliphatic rings. The van der Waals surface area contributed by atoms with Gasteiger partial charge in [0, 0.05) is 62.1 Å². The van der Waals surface area contributed by atoms with Crippen LogP contribution in [0.15, 0.2) is 79.1 Å². The molecule has 4 heterocycles. The molecule has 2 fully saturated rings. The predicted molar refractivity (Wildman–Crippen MR) is 200 cm³/mol. The summed E-state index contributed by atoms with van der Waals surface area (Å²) in [6.07, 6.45) is 7.67. The number of hydrogen-bond acceptors (Lipinski definition) is 8. The molecule has 2 aromatic heterocycles. The van der Waals surface area contributed by atoms with Crippen molar-refractivity contribution in [2.75, 3.05) is 59.0 Å². The number of aromatic amines is 1. The molecule has 3 aromatic carbocycles. The predicted octanol–water partition coefficient (Wildman–Crippen LogP) is 7.00. The number of hydrogen-bond donors (Lipinski definition) is 1. The molecule has 1 N–H and O–H groups in total. The van der Waals surface area contributed by atoms with Crippen LogP contribution in [0.5, 0.6) is 17.2 Å². The molecule has 53 heavy (non-hydrogen) atoms. The molecule has 2 aliphatic heterocycles. The van der Waals surface area contributed by atoms with E-state index in [2.05, 4.69) is 19.8 Å². The highest BCUT2D eigenvalue weighted by Gasteiger charge is 2.40. The molecule has 7 rings (SSSR count). The summed E-state index contributed by atoms with van der Waals surface area (Å²) in [5, 5.41) is 0. The number of aromatic nitrogens is 3. The molecular weight excluding hydrogens is 678 g/mol. The van der Waals surface area contributed by atoms with Crippen LogP contribution in [-0.2, 0) is 12.0 Å². The Morgan fingerprint density at radius 2 is 1.66 bits per heavy atom. The summed E-state index contributed by atoms with van der Waals surface area (Å²) in [5.74, 6) is 0.102. The SMILES string of the molecule is COc1cc(C(=O)N2CCCC(CCN3CCC(N(Cc4ccncc4)c4nc5ccccc5[nH]4)CC3)(c3ccc(F)c(F)c3)C2)cc(OC)c1OC. The van der Waals surface area contributed by atoms with E-state index < -0.39 is 17.0 Å². The van der Waals surface area contributed by atoms with Crippen molar-refractivity contribution in [2.45, 2.75) is 50.1 Å². The van der Waals surface area contributed by atoms with Crippen molar-refractivity contribution in [3.05, 3.63) is 107 Å². The molecule has 10 nitrogen and oxygen atoms in total. The Balaban J connectivity index is 1.09. The first-order chi connectivity index (χ1) is 25.8. The third-order valence-corrected chi connectivity index (χ3v) is 11.0. The number of carbonyl (C=O) groups excluding carboxylic acids is 1. The second kappa shape index (κ2) is 15.8. The summed E-state index contributed by atoms with van der Waals surface area (Å²) in [6, 6.07) is 20.0. The van der Waals surface area contributed by atoms with Crippen molar-refractivity contribution >= 4 is 22.9 Å². The minimum absolute atomic E-state index is 0.184. The van der Waals surface area contributed by atoms with E-state index in [-0.39, 0.29) is 11.9 Å². The molecule has 0 saturated carbocycles. The first kappa shape index (κ1) is 36.1. The van der Waals surface area contributed by atoms with Gasteiger partial charge in [-0.15, -0.1) is 0 Å². The average molecular weight is 725 g/mol. The smallest absolute Gasteiger partial charge is 0.254 e. The van der Waals surface area contributed by atoms with Crippen molar-refractivity contribution in [3.63, 3.8) is 0 Å². The van der Waals surface area contributed by atoms with Gasteiger partial charge in [-0.05, 0) is 98.3 Å². The van der Waals surface area contributed by atoms with Crippen LogP contribution in [0.2, 0.25) is 0 Å². The second-order valence-corrected chi connectivity index (χ2v) is 14.0. The molecular formula is C41H46F2N6O4. The number of fused-ring (bicyclic) bond motifs is 1. The Morgan fingerprint density at radius 3 is 2.34 bits per heavy atom. The molecule has 0 spiro atoms. The van der Waals surface area contributed by atoms with Gasteiger partial charge in [0.15, 0.2) is 23.1 Å². The van der Waals surface area contributed by atoms with Crippen molar-refractivity contribution < 1.29 is 27.8 Å². The van der Waals surface area contributed by atoms with E-state index in [4.69, 9.17) is 19.2 Å². The molecule has 1 unspecified atom stereocenters. The summed E-state index contributed by atoms with van der Waals surface area (Å²) in [7, 11) is 4.55. The fourth-order valence-electron chi connectivity index (χ4n) is 8.07. The maximum absolute atomic E-state index is 14.8. The summed E-state index contributed by atoms with van der Waals surface area (Å²) in [5.41, 5.74) is 3.66. The van der Waals surface area contributed by atoms with Gasteiger partial charge in [0.2, 0.25) is 11.7 Å². The first-order valence-electron chi connectivity index (χ1n) is 18.2. The van der Waals surface area contributed by atoms with Gasteiger partial charge in [-0.2, -0.15) is 0 Å². The third kappa shape index (κ3) is 7.64. The van der Waals surface area contributed by atoms with Gasteiger partial charge < -0.3 is 33.9 Å². The fourth-order valence-corrected chi connectivity index (χ4v) is 8.07. The number of para-hydroxylation sites is 2. The summed E-state index contributed by atoms with van der Waals surface area (Å²) >= 11 is 0. The number of nitrogens with one attached hydrogen (secondary N) is 1. The lowest BCUT2D eigenvalue weighted by Crippen LogP contribution is -2.51. The van der Waals surface area contributed by atoms with Crippen molar-refractivity contribution in [2.24, 2.45) is 0 Å². The van der Waals surface area contributed by atoms with E-state index in [0.29, 0.717) is 54.4 Å². The van der Waals surface area contributed by atoms with Gasteiger partial charge in [0.05, 0.1) is 32.4 Å². The van der Waals surface area contributed by atoms with Crippen molar-refractivity contribution in [1.29, 1.82) is 0 Å². The zero-order valence-corrected chi connectivity index (χ0v) is 30.5. The quantitative estimate of drug-likeness (QED) is 0.147. The highest BCUT2D eigenvalue weighted by molar-refractivity contribution is 5.96. The lowest BCUT2D eigenvalue weighted by molar-refractivity contribution is 0.0605. The second-order valence-electron chi connectivity index (χ2n) is 14.0. The Hall–Kier alpha value is -5.23. The Labute approximate surface area is 308 Å². The minimum Gasteiger partial charge on any atom is -0.493 e. The third-order valence-electron chi connectivity index (χ3n) is 11.0. The highest BCUT2D eigenvalue weighted by atomic mass is 19.2. The van der Waals surface area contributed by atoms with Crippen LogP contribution in [0.4, 0.5) is 14.7 Å². The molecule has 12 heteroatoms. The zero-order valence-electron chi connectivity index (χ0n) is 30.5. The summed E-state index contributed by atoms with van der Waals surface area (Å²) in [4.78, 5) is 33.5. The van der Waals surface area contributed by atoms with Crippen LogP contribution in [0, 0.1) is 11.6 Å². The van der Waals surface area contributed by atoms with Crippen molar-refractivity contribution in [3.8, 4) is 17.2 Å². The molecule has 5 aromatic rings. The van der Waals surface area contributed by atoms with Crippen LogP contribution in [0.25, 0.3) is 11.0 Å². The number of piperidine rings is 2. The van der Waals surface area contributed by atoms with Crippen LogP contribution in [0.1, 0.15) is 53.6 Å². The van der Waals surface area contributed by atoms with Gasteiger partial charge in [-0.25, -0.2) is 13.8 Å². The maximum Gasteiger partial charge on any atom is 0.254 e. The lowest BCUT2D eigenvalue weighted by Gasteiger charge is -2.45. The monoisotopic (exact) mass is 724 g/mol. The molecule has 1 amide bonds. The van der Waals surface area contributed by atoms with Crippen LogP contribution in [0.3, 0.4) is 0 Å². The number of likely N-dealkylation sites (tertiary alicyclic amines) is 2. The number of H-pyrrole nitrogens is 1. The maximum atomic E-state index is 14.8. The molecule has 0 aliphatic carbocycles. The largest absolute Gasteiger partial charge is 0.493 e. The number of halogens is 2. The lowest BCUT2D eigenvalue weighted by atomic mass is 9.71. The van der Waals surface area contributed by atoms with Gasteiger partial charge >= 0.3 is 0 Å². The van der Waals surface area contributed by atoms with Crippen LogP contribution < -0.4 is 19.1 Å². The fraction of sp³-hybridized carbons (Fsp3) is 0.390. The van der Waals surface area contributed by atoms with E-state index in [1.165, 1.54) is 39.0 Å². The number of pyridine rings is 1.